The Hall–Kier alpha value is -1.10. The summed E-state index contributed by atoms with van der Waals surface area (Å²) in [5, 5.41) is 2.88. The van der Waals surface area contributed by atoms with Crippen LogP contribution >= 0.6 is 0 Å². The van der Waals surface area contributed by atoms with Gasteiger partial charge in [-0.2, -0.15) is 0 Å². The number of ether oxygens (including phenoxy) is 1. The fourth-order valence-electron chi connectivity index (χ4n) is 6.21. The van der Waals surface area contributed by atoms with Gasteiger partial charge in [0.2, 0.25) is 11.8 Å². The predicted octanol–water partition coefficient (Wildman–Crippen LogP) is 1.95. The molecule has 0 aromatic carbocycles. The number of fused-ring (bicyclic) bond motifs is 5. The first-order valence-electron chi connectivity index (χ1n) is 9.78. The van der Waals surface area contributed by atoms with Crippen LogP contribution in [0.15, 0.2) is 0 Å². The van der Waals surface area contributed by atoms with Gasteiger partial charge >= 0.3 is 0 Å². The summed E-state index contributed by atoms with van der Waals surface area (Å²) >= 11 is 0. The summed E-state index contributed by atoms with van der Waals surface area (Å²) in [4.78, 5) is 26.8. The number of methoxy groups -OCH3 is 1. The van der Waals surface area contributed by atoms with Gasteiger partial charge < -0.3 is 15.0 Å². The minimum Gasteiger partial charge on any atom is -0.385 e. The van der Waals surface area contributed by atoms with Gasteiger partial charge in [-0.25, -0.2) is 0 Å². The topological polar surface area (TPSA) is 58.6 Å². The molecule has 1 aliphatic heterocycles. The van der Waals surface area contributed by atoms with Crippen LogP contribution in [0, 0.1) is 23.7 Å². The average molecular weight is 334 g/mol. The van der Waals surface area contributed by atoms with E-state index in [0.717, 1.165) is 30.7 Å². The van der Waals surface area contributed by atoms with Crippen LogP contribution in [-0.4, -0.2) is 49.1 Å². The van der Waals surface area contributed by atoms with E-state index in [2.05, 4.69) is 10.2 Å². The highest BCUT2D eigenvalue weighted by atomic mass is 16.5. The minimum atomic E-state index is -0.293. The molecule has 2 bridgehead atoms. The van der Waals surface area contributed by atoms with Crippen LogP contribution in [0.4, 0.5) is 0 Å². The molecule has 0 aromatic rings. The Morgan fingerprint density at radius 1 is 1.21 bits per heavy atom. The van der Waals surface area contributed by atoms with Gasteiger partial charge in [-0.3, -0.25) is 9.59 Å². The maximum Gasteiger partial charge on any atom is 0.245 e. The molecule has 4 aliphatic rings. The van der Waals surface area contributed by atoms with Crippen LogP contribution < -0.4 is 5.32 Å². The smallest absolute Gasteiger partial charge is 0.245 e. The Labute approximate surface area is 144 Å². The number of nitrogens with one attached hydrogen (secondary N) is 1. The van der Waals surface area contributed by atoms with Gasteiger partial charge in [-0.05, 0) is 62.2 Å². The van der Waals surface area contributed by atoms with E-state index in [1.807, 2.05) is 0 Å². The average Bonchev–Trinajstić information content (AvgIpc) is 3.31. The van der Waals surface area contributed by atoms with Gasteiger partial charge in [0.25, 0.3) is 0 Å². The molecule has 0 radical (unpaired) electrons. The van der Waals surface area contributed by atoms with Crippen molar-refractivity contribution in [1.82, 2.24) is 10.2 Å². The Bertz CT molecular complexity index is 509. The van der Waals surface area contributed by atoms with Crippen molar-refractivity contribution in [2.45, 2.75) is 63.5 Å². The molecule has 0 aromatic heterocycles. The summed E-state index contributed by atoms with van der Waals surface area (Å²) in [5.74, 6) is 3.51. The molecule has 3 saturated carbocycles. The molecule has 4 rings (SSSR count). The van der Waals surface area contributed by atoms with Gasteiger partial charge in [-0.15, -0.1) is 0 Å². The van der Waals surface area contributed by atoms with E-state index in [-0.39, 0.29) is 17.9 Å². The highest BCUT2D eigenvalue weighted by molar-refractivity contribution is 5.91. The number of carbonyl (C=O) groups is 2. The monoisotopic (exact) mass is 334 g/mol. The van der Waals surface area contributed by atoms with Gasteiger partial charge in [0, 0.05) is 32.7 Å². The lowest BCUT2D eigenvalue weighted by Crippen LogP contribution is -2.52. The molecule has 0 unspecified atom stereocenters. The minimum absolute atomic E-state index is 0.0222. The molecule has 3 aliphatic carbocycles. The van der Waals surface area contributed by atoms with Crippen LogP contribution in [0.2, 0.25) is 0 Å². The number of hydrogen-bond donors (Lipinski definition) is 1. The van der Waals surface area contributed by atoms with Crippen molar-refractivity contribution in [2.24, 2.45) is 23.7 Å². The molecule has 24 heavy (non-hydrogen) atoms. The molecule has 2 amide bonds. The molecule has 0 spiro atoms. The van der Waals surface area contributed by atoms with E-state index in [1.54, 1.807) is 7.11 Å². The van der Waals surface area contributed by atoms with E-state index < -0.39 is 0 Å². The molecule has 5 nitrogen and oxygen atoms in total. The molecule has 1 heterocycles. The van der Waals surface area contributed by atoms with Crippen molar-refractivity contribution in [1.29, 1.82) is 0 Å². The first kappa shape index (κ1) is 16.4. The van der Waals surface area contributed by atoms with Crippen molar-refractivity contribution in [2.75, 3.05) is 20.3 Å². The third kappa shape index (κ3) is 2.75. The van der Waals surface area contributed by atoms with Gasteiger partial charge in [-0.1, -0.05) is 6.42 Å². The highest BCUT2D eigenvalue weighted by Gasteiger charge is 2.56. The molecule has 6 atom stereocenters. The first-order chi connectivity index (χ1) is 11.7. The Balaban J connectivity index is 1.48. The zero-order chi connectivity index (χ0) is 16.7. The van der Waals surface area contributed by atoms with Crippen LogP contribution in [0.5, 0.6) is 0 Å². The van der Waals surface area contributed by atoms with Crippen molar-refractivity contribution >= 4 is 11.8 Å². The molecule has 134 valence electrons. The summed E-state index contributed by atoms with van der Waals surface area (Å²) in [6.45, 7) is 1.46. The van der Waals surface area contributed by atoms with Crippen molar-refractivity contribution in [3.63, 3.8) is 0 Å². The second-order valence-corrected chi connectivity index (χ2v) is 8.26. The first-order valence-corrected chi connectivity index (χ1v) is 9.78. The normalized spacial score (nSPS) is 40.0. The summed E-state index contributed by atoms with van der Waals surface area (Å²) < 4.78 is 5.20. The summed E-state index contributed by atoms with van der Waals surface area (Å²) in [5.41, 5.74) is 0. The quantitative estimate of drug-likeness (QED) is 0.756. The zero-order valence-corrected chi connectivity index (χ0v) is 14.7. The lowest BCUT2D eigenvalue weighted by Gasteiger charge is -2.40. The summed E-state index contributed by atoms with van der Waals surface area (Å²) in [7, 11) is 1.71. The number of nitrogens with zero attached hydrogens (tertiary/aromatic N) is 1. The maximum atomic E-state index is 13.1. The van der Waals surface area contributed by atoms with Crippen molar-refractivity contribution < 1.29 is 14.3 Å². The number of amides is 2. The van der Waals surface area contributed by atoms with Crippen LogP contribution in [-0.2, 0) is 14.3 Å². The van der Waals surface area contributed by atoms with E-state index in [0.29, 0.717) is 31.4 Å². The Kier molecular flexibility index (Phi) is 4.54. The summed E-state index contributed by atoms with van der Waals surface area (Å²) in [6.07, 6.45) is 8.69. The Morgan fingerprint density at radius 2 is 2.04 bits per heavy atom. The Morgan fingerprint density at radius 3 is 2.79 bits per heavy atom. The van der Waals surface area contributed by atoms with Crippen molar-refractivity contribution in [3.05, 3.63) is 0 Å². The summed E-state index contributed by atoms with van der Waals surface area (Å²) in [6, 6.07) is 0.106. The molecular formula is C19H30N2O3. The SMILES string of the molecule is COCCCN(C(=O)[C@H]1CCC(=O)N1)[C@@H]1C[C@H]2C[C@H]1[C@H]1CCC[C@H]21. The second-order valence-electron chi connectivity index (χ2n) is 8.26. The van der Waals surface area contributed by atoms with Crippen molar-refractivity contribution in [3.8, 4) is 0 Å². The molecule has 1 saturated heterocycles. The van der Waals surface area contributed by atoms with Crippen LogP contribution in [0.25, 0.3) is 0 Å². The largest absolute Gasteiger partial charge is 0.385 e. The van der Waals surface area contributed by atoms with Gasteiger partial charge in [0.05, 0.1) is 0 Å². The van der Waals surface area contributed by atoms with Crippen LogP contribution in [0.1, 0.15) is 51.4 Å². The second kappa shape index (κ2) is 6.66. The fraction of sp³-hybridized carbons (Fsp3) is 0.895. The van der Waals surface area contributed by atoms with Gasteiger partial charge in [0.15, 0.2) is 0 Å². The van der Waals surface area contributed by atoms with Crippen LogP contribution in [0.3, 0.4) is 0 Å². The highest BCUT2D eigenvalue weighted by Crippen LogP contribution is 2.59. The third-order valence-corrected chi connectivity index (χ3v) is 7.12. The predicted molar refractivity (Wildman–Crippen MR) is 90.2 cm³/mol. The van der Waals surface area contributed by atoms with E-state index in [9.17, 15) is 9.59 Å². The lowest BCUT2D eigenvalue weighted by molar-refractivity contribution is -0.138. The van der Waals surface area contributed by atoms with E-state index in [4.69, 9.17) is 4.74 Å². The van der Waals surface area contributed by atoms with Gasteiger partial charge in [0.1, 0.15) is 6.04 Å². The molecular weight excluding hydrogens is 304 g/mol. The standard InChI is InChI=1S/C19H30N2O3/c1-24-9-3-8-21(19(23)16-6-7-18(22)20-16)17-11-12-10-15(17)14-5-2-4-13(12)14/h12-17H,2-11H2,1H3,(H,20,22)/t12-,13-,14+,15+,16-,17-/m1/s1. The molecule has 4 fully saturated rings. The zero-order valence-electron chi connectivity index (χ0n) is 14.7. The molecule has 1 N–H and O–H groups in total. The third-order valence-electron chi connectivity index (χ3n) is 7.12. The van der Waals surface area contributed by atoms with E-state index in [1.165, 1.54) is 32.1 Å². The van der Waals surface area contributed by atoms with E-state index >= 15 is 0 Å². The maximum absolute atomic E-state index is 13.1. The lowest BCUT2D eigenvalue weighted by atomic mass is 9.78. The number of rotatable bonds is 6. The fourth-order valence-corrected chi connectivity index (χ4v) is 6.21. The number of hydrogen-bond acceptors (Lipinski definition) is 3. The molecule has 5 heteroatoms. The number of carbonyl (C=O) groups excluding carboxylic acids is 2.